The maximum atomic E-state index is 12.5. The van der Waals surface area contributed by atoms with Crippen molar-refractivity contribution in [2.75, 3.05) is 0 Å². The van der Waals surface area contributed by atoms with Crippen LogP contribution in [0.2, 0.25) is 0 Å². The molecule has 2 rings (SSSR count). The van der Waals surface area contributed by atoms with Gasteiger partial charge in [-0.05, 0) is 12.1 Å². The first kappa shape index (κ1) is 10.6. The molecule has 0 amide bonds. The van der Waals surface area contributed by atoms with E-state index in [-0.39, 0.29) is 11.1 Å². The van der Waals surface area contributed by atoms with Crippen molar-refractivity contribution in [1.29, 1.82) is 0 Å². The number of rotatable bonds is 1. The average Bonchev–Trinajstić information content (AvgIpc) is 2.26. The van der Waals surface area contributed by atoms with Crippen molar-refractivity contribution < 1.29 is 18.0 Å². The molecule has 0 aliphatic carbocycles. The maximum Gasteiger partial charge on any atom is 0.433 e. The molecule has 0 N–H and O–H groups in total. The number of carbonyl (C=O) groups is 1. The van der Waals surface area contributed by atoms with Crippen molar-refractivity contribution in [3.05, 3.63) is 41.6 Å². The molecule has 2 nitrogen and oxygen atoms in total. The van der Waals surface area contributed by atoms with Gasteiger partial charge in [0.2, 0.25) is 0 Å². The van der Waals surface area contributed by atoms with Crippen LogP contribution in [0.1, 0.15) is 16.1 Å². The second kappa shape index (κ2) is 3.59. The van der Waals surface area contributed by atoms with Crippen LogP contribution in [-0.4, -0.2) is 11.3 Å². The number of para-hydroxylation sites is 1. The summed E-state index contributed by atoms with van der Waals surface area (Å²) in [6.45, 7) is 0. The highest BCUT2D eigenvalue weighted by molar-refractivity contribution is 5.96. The first-order chi connectivity index (χ1) is 7.52. The second-order valence-electron chi connectivity index (χ2n) is 3.23. The summed E-state index contributed by atoms with van der Waals surface area (Å²) in [5.41, 5.74) is -0.884. The molecule has 0 saturated carbocycles. The van der Waals surface area contributed by atoms with Crippen LogP contribution in [0.5, 0.6) is 0 Å². The van der Waals surface area contributed by atoms with Gasteiger partial charge in [-0.25, -0.2) is 4.98 Å². The van der Waals surface area contributed by atoms with Gasteiger partial charge in [0.15, 0.2) is 6.29 Å². The van der Waals surface area contributed by atoms with Crippen LogP contribution in [0, 0.1) is 0 Å². The molecule has 82 valence electrons. The molecule has 0 saturated heterocycles. The highest BCUT2D eigenvalue weighted by Gasteiger charge is 2.33. The van der Waals surface area contributed by atoms with E-state index in [0.29, 0.717) is 11.7 Å². The fourth-order valence-electron chi connectivity index (χ4n) is 1.45. The van der Waals surface area contributed by atoms with Crippen molar-refractivity contribution in [2.24, 2.45) is 0 Å². The summed E-state index contributed by atoms with van der Waals surface area (Å²) in [6, 6.07) is 6.98. The minimum Gasteiger partial charge on any atom is -0.298 e. The molecule has 0 aliphatic rings. The third-order valence-electron chi connectivity index (χ3n) is 2.17. The van der Waals surface area contributed by atoms with Gasteiger partial charge in [-0.1, -0.05) is 18.2 Å². The summed E-state index contributed by atoms with van der Waals surface area (Å²) in [5, 5.41) is 0.422. The fraction of sp³-hybridized carbons (Fsp3) is 0.0909. The number of pyridine rings is 1. The Morgan fingerprint density at radius 3 is 2.50 bits per heavy atom. The van der Waals surface area contributed by atoms with E-state index in [9.17, 15) is 18.0 Å². The van der Waals surface area contributed by atoms with Crippen molar-refractivity contribution >= 4 is 17.2 Å². The number of carbonyl (C=O) groups excluding carboxylic acids is 1. The van der Waals surface area contributed by atoms with Crippen molar-refractivity contribution in [2.45, 2.75) is 6.18 Å². The fourth-order valence-corrected chi connectivity index (χ4v) is 1.45. The molecule has 0 radical (unpaired) electrons. The summed E-state index contributed by atoms with van der Waals surface area (Å²) in [6.07, 6.45) is -4.14. The van der Waals surface area contributed by atoms with E-state index in [1.165, 1.54) is 6.07 Å². The van der Waals surface area contributed by atoms with Crippen LogP contribution in [0.25, 0.3) is 10.9 Å². The normalized spacial score (nSPS) is 11.7. The predicted molar refractivity (Wildman–Crippen MR) is 52.1 cm³/mol. The molecule has 2 aromatic rings. The Labute approximate surface area is 88.7 Å². The largest absolute Gasteiger partial charge is 0.433 e. The minimum atomic E-state index is -4.54. The second-order valence-corrected chi connectivity index (χ2v) is 3.23. The zero-order valence-corrected chi connectivity index (χ0v) is 7.95. The van der Waals surface area contributed by atoms with Crippen LogP contribution in [0.3, 0.4) is 0 Å². The smallest absolute Gasteiger partial charge is 0.298 e. The Hall–Kier alpha value is -1.91. The van der Waals surface area contributed by atoms with E-state index in [0.717, 1.165) is 6.07 Å². The van der Waals surface area contributed by atoms with Crippen LogP contribution >= 0.6 is 0 Å². The average molecular weight is 225 g/mol. The first-order valence-electron chi connectivity index (χ1n) is 4.44. The highest BCUT2D eigenvalue weighted by Crippen LogP contribution is 2.30. The van der Waals surface area contributed by atoms with Crippen LogP contribution in [0.15, 0.2) is 30.3 Å². The quantitative estimate of drug-likeness (QED) is 0.698. The number of fused-ring (bicyclic) bond motifs is 1. The van der Waals surface area contributed by atoms with Crippen LogP contribution in [0.4, 0.5) is 13.2 Å². The first-order valence-corrected chi connectivity index (χ1v) is 4.44. The van der Waals surface area contributed by atoms with Crippen molar-refractivity contribution in [1.82, 2.24) is 4.98 Å². The number of alkyl halides is 3. The number of halogens is 3. The lowest BCUT2D eigenvalue weighted by Crippen LogP contribution is -2.09. The van der Waals surface area contributed by atoms with Gasteiger partial charge in [-0.15, -0.1) is 0 Å². The Balaban J connectivity index is 2.78. The zero-order chi connectivity index (χ0) is 11.8. The lowest BCUT2D eigenvalue weighted by Gasteiger charge is -2.08. The SMILES string of the molecule is O=Cc1cc(C(F)(F)F)nc2ccccc12. The van der Waals surface area contributed by atoms with E-state index < -0.39 is 11.9 Å². The van der Waals surface area contributed by atoms with Gasteiger partial charge in [0.25, 0.3) is 0 Å². The van der Waals surface area contributed by atoms with E-state index >= 15 is 0 Å². The molecular formula is C11H6F3NO. The Morgan fingerprint density at radius 2 is 1.88 bits per heavy atom. The molecule has 0 unspecified atom stereocenters. The number of hydrogen-bond acceptors (Lipinski definition) is 2. The third kappa shape index (κ3) is 1.76. The van der Waals surface area contributed by atoms with E-state index in [1.54, 1.807) is 18.2 Å². The number of aromatic nitrogens is 1. The van der Waals surface area contributed by atoms with E-state index in [4.69, 9.17) is 0 Å². The standard InChI is InChI=1S/C11H6F3NO/c12-11(13,14)10-5-7(6-16)8-3-1-2-4-9(8)15-10/h1-6H. The topological polar surface area (TPSA) is 30.0 Å². The monoisotopic (exact) mass is 225 g/mol. The molecule has 1 heterocycles. The van der Waals surface area contributed by atoms with Gasteiger partial charge >= 0.3 is 6.18 Å². The van der Waals surface area contributed by atoms with Gasteiger partial charge in [-0.3, -0.25) is 4.79 Å². The Morgan fingerprint density at radius 1 is 1.19 bits per heavy atom. The summed E-state index contributed by atoms with van der Waals surface area (Å²) < 4.78 is 37.4. The zero-order valence-electron chi connectivity index (χ0n) is 7.95. The molecule has 0 spiro atoms. The lowest BCUT2D eigenvalue weighted by molar-refractivity contribution is -0.140. The van der Waals surface area contributed by atoms with E-state index in [2.05, 4.69) is 4.98 Å². The molecule has 5 heteroatoms. The molecule has 16 heavy (non-hydrogen) atoms. The number of hydrogen-bond donors (Lipinski definition) is 0. The number of aldehydes is 1. The van der Waals surface area contributed by atoms with Gasteiger partial charge in [0.05, 0.1) is 5.52 Å². The summed E-state index contributed by atoms with van der Waals surface area (Å²) in [7, 11) is 0. The highest BCUT2D eigenvalue weighted by atomic mass is 19.4. The minimum absolute atomic E-state index is 0.00192. The Bertz CT molecular complexity index is 548. The van der Waals surface area contributed by atoms with Gasteiger partial charge in [-0.2, -0.15) is 13.2 Å². The maximum absolute atomic E-state index is 12.5. The molecule has 0 bridgehead atoms. The summed E-state index contributed by atoms with van der Waals surface area (Å²) >= 11 is 0. The van der Waals surface area contributed by atoms with Crippen molar-refractivity contribution in [3.63, 3.8) is 0 Å². The number of benzene rings is 1. The molecule has 1 aromatic heterocycles. The van der Waals surface area contributed by atoms with Gasteiger partial charge in [0.1, 0.15) is 5.69 Å². The van der Waals surface area contributed by atoms with Crippen LogP contribution in [-0.2, 0) is 6.18 Å². The molecule has 1 aromatic carbocycles. The number of nitrogens with zero attached hydrogens (tertiary/aromatic N) is 1. The Kier molecular flexibility index (Phi) is 2.38. The van der Waals surface area contributed by atoms with Crippen molar-refractivity contribution in [3.8, 4) is 0 Å². The van der Waals surface area contributed by atoms with E-state index in [1.807, 2.05) is 0 Å². The predicted octanol–water partition coefficient (Wildman–Crippen LogP) is 3.07. The molecule has 0 atom stereocenters. The van der Waals surface area contributed by atoms with Crippen LogP contribution < -0.4 is 0 Å². The summed E-state index contributed by atoms with van der Waals surface area (Å²) in [4.78, 5) is 14.2. The lowest BCUT2D eigenvalue weighted by atomic mass is 10.1. The summed E-state index contributed by atoms with van der Waals surface area (Å²) in [5.74, 6) is 0. The van der Waals surface area contributed by atoms with Gasteiger partial charge in [0, 0.05) is 10.9 Å². The molecule has 0 fully saturated rings. The molecule has 0 aliphatic heterocycles. The van der Waals surface area contributed by atoms with Gasteiger partial charge < -0.3 is 0 Å². The third-order valence-corrected chi connectivity index (χ3v) is 2.17. The molecular weight excluding hydrogens is 219 g/mol.